The normalized spacial score (nSPS) is 16.4. The molecule has 0 spiro atoms. The van der Waals surface area contributed by atoms with Crippen molar-refractivity contribution in [3.8, 4) is 0 Å². The molecule has 5 nitrogen and oxygen atoms in total. The molecule has 1 aromatic carbocycles. The Balaban J connectivity index is 1.50. The van der Waals surface area contributed by atoms with Gasteiger partial charge in [0.05, 0.1) is 12.2 Å². The molecule has 6 heteroatoms. The van der Waals surface area contributed by atoms with E-state index in [9.17, 15) is 0 Å². The van der Waals surface area contributed by atoms with Crippen molar-refractivity contribution in [1.82, 2.24) is 20.5 Å². The lowest BCUT2D eigenvalue weighted by molar-refractivity contribution is 0.198. The van der Waals surface area contributed by atoms with E-state index in [-0.39, 0.29) is 0 Å². The van der Waals surface area contributed by atoms with Gasteiger partial charge in [0.25, 0.3) is 0 Å². The van der Waals surface area contributed by atoms with E-state index in [1.54, 1.807) is 11.3 Å². The van der Waals surface area contributed by atoms with Crippen LogP contribution in [-0.4, -0.2) is 41.5 Å². The zero-order chi connectivity index (χ0) is 19.9. The number of nitrogens with one attached hydrogen (secondary N) is 2. The minimum Gasteiger partial charge on any atom is -0.357 e. The first-order valence-corrected chi connectivity index (χ1v) is 11.1. The number of aliphatic imine (C=N–C) groups is 1. The summed E-state index contributed by atoms with van der Waals surface area (Å²) in [6, 6.07) is 9.32. The monoisotopic (exact) mass is 399 g/mol. The lowest BCUT2D eigenvalue weighted by atomic mass is 10.0. The first kappa shape index (κ1) is 20.8. The van der Waals surface area contributed by atoms with E-state index in [4.69, 9.17) is 4.99 Å². The summed E-state index contributed by atoms with van der Waals surface area (Å²) in [6.07, 6.45) is 2.29. The average molecular weight is 400 g/mol. The predicted molar refractivity (Wildman–Crippen MR) is 119 cm³/mol. The quantitative estimate of drug-likeness (QED) is 0.573. The number of guanidine groups is 1. The Morgan fingerprint density at radius 3 is 2.68 bits per heavy atom. The number of thiazole rings is 1. The number of benzene rings is 1. The van der Waals surface area contributed by atoms with Gasteiger partial charge >= 0.3 is 0 Å². The SMILES string of the molecule is CCNC(=NCc1nc(C)c(C)s1)NC1CCN(Cc2cccc(C)c2)CC1. The topological polar surface area (TPSA) is 52.6 Å². The van der Waals surface area contributed by atoms with Crippen LogP contribution in [0, 0.1) is 20.8 Å². The molecule has 2 N–H and O–H groups in total. The molecule has 152 valence electrons. The number of likely N-dealkylation sites (tertiary alicyclic amines) is 1. The minimum atomic E-state index is 0.478. The molecule has 1 saturated heterocycles. The standard InChI is InChI=1S/C22H33N5S/c1-5-23-22(24-14-21-25-17(3)18(4)28-21)26-20-9-11-27(12-10-20)15-19-8-6-7-16(2)13-19/h6-8,13,20H,5,9-12,14-15H2,1-4H3,(H2,23,24,26). The van der Waals surface area contributed by atoms with Gasteiger partial charge in [-0.25, -0.2) is 9.98 Å². The Bertz CT molecular complexity index is 770. The molecule has 0 unspecified atom stereocenters. The highest BCUT2D eigenvalue weighted by Crippen LogP contribution is 2.17. The van der Waals surface area contributed by atoms with Crippen molar-refractivity contribution < 1.29 is 0 Å². The maximum Gasteiger partial charge on any atom is 0.191 e. The van der Waals surface area contributed by atoms with Crippen LogP contribution < -0.4 is 10.6 Å². The summed E-state index contributed by atoms with van der Waals surface area (Å²) < 4.78 is 0. The Kier molecular flexibility index (Phi) is 7.45. The highest BCUT2D eigenvalue weighted by Gasteiger charge is 2.20. The van der Waals surface area contributed by atoms with Crippen molar-refractivity contribution >= 4 is 17.3 Å². The van der Waals surface area contributed by atoms with Gasteiger partial charge < -0.3 is 10.6 Å². The molecule has 1 aromatic heterocycles. The van der Waals surface area contributed by atoms with Gasteiger partial charge in [-0.2, -0.15) is 0 Å². The molecule has 0 atom stereocenters. The van der Waals surface area contributed by atoms with E-state index in [0.29, 0.717) is 12.6 Å². The summed E-state index contributed by atoms with van der Waals surface area (Å²) in [6.45, 7) is 13.3. The highest BCUT2D eigenvalue weighted by atomic mass is 32.1. The number of rotatable bonds is 6. The van der Waals surface area contributed by atoms with Gasteiger partial charge in [-0.15, -0.1) is 11.3 Å². The zero-order valence-corrected chi connectivity index (χ0v) is 18.4. The van der Waals surface area contributed by atoms with Gasteiger partial charge in [0, 0.05) is 37.1 Å². The number of hydrogen-bond acceptors (Lipinski definition) is 4. The number of nitrogens with zero attached hydrogens (tertiary/aromatic N) is 3. The smallest absolute Gasteiger partial charge is 0.191 e. The molecular weight excluding hydrogens is 366 g/mol. The first-order valence-electron chi connectivity index (χ1n) is 10.3. The van der Waals surface area contributed by atoms with Gasteiger partial charge in [-0.3, -0.25) is 4.90 Å². The van der Waals surface area contributed by atoms with Crippen molar-refractivity contribution in [3.63, 3.8) is 0 Å². The summed E-state index contributed by atoms with van der Waals surface area (Å²) >= 11 is 1.74. The average Bonchev–Trinajstić information content (AvgIpc) is 2.99. The van der Waals surface area contributed by atoms with Gasteiger partial charge in [0.2, 0.25) is 0 Å². The number of aromatic nitrogens is 1. The fraction of sp³-hybridized carbons (Fsp3) is 0.545. The molecule has 2 aromatic rings. The fourth-order valence-corrected chi connectivity index (χ4v) is 4.43. The zero-order valence-electron chi connectivity index (χ0n) is 17.6. The van der Waals surface area contributed by atoms with Crippen molar-refractivity contribution in [1.29, 1.82) is 0 Å². The lowest BCUT2D eigenvalue weighted by Gasteiger charge is -2.33. The number of hydrogen-bond donors (Lipinski definition) is 2. The van der Waals surface area contributed by atoms with Crippen LogP contribution in [0.4, 0.5) is 0 Å². The second kappa shape index (κ2) is 10.0. The molecule has 1 aliphatic heterocycles. The number of piperidine rings is 1. The summed E-state index contributed by atoms with van der Waals surface area (Å²) in [5.41, 5.74) is 3.87. The Hall–Kier alpha value is -1.92. The van der Waals surface area contributed by atoms with Gasteiger partial charge in [0.15, 0.2) is 5.96 Å². The maximum absolute atomic E-state index is 4.76. The molecule has 0 aliphatic carbocycles. The van der Waals surface area contributed by atoms with Crippen LogP contribution in [0.2, 0.25) is 0 Å². The van der Waals surface area contributed by atoms with Crippen molar-refractivity contribution in [2.24, 2.45) is 4.99 Å². The Morgan fingerprint density at radius 2 is 2.04 bits per heavy atom. The van der Waals surface area contributed by atoms with Crippen molar-refractivity contribution in [2.75, 3.05) is 19.6 Å². The summed E-state index contributed by atoms with van der Waals surface area (Å²) in [5, 5.41) is 8.10. The van der Waals surface area contributed by atoms with Crippen LogP contribution in [-0.2, 0) is 13.1 Å². The van der Waals surface area contributed by atoms with E-state index in [2.05, 4.69) is 72.5 Å². The highest BCUT2D eigenvalue weighted by molar-refractivity contribution is 7.11. The first-order chi connectivity index (χ1) is 13.5. The molecule has 0 saturated carbocycles. The second-order valence-electron chi connectivity index (χ2n) is 7.63. The van der Waals surface area contributed by atoms with E-state index in [0.717, 1.165) is 55.7 Å². The third kappa shape index (κ3) is 6.04. The summed E-state index contributed by atoms with van der Waals surface area (Å²) in [7, 11) is 0. The largest absolute Gasteiger partial charge is 0.357 e. The van der Waals surface area contributed by atoms with Crippen LogP contribution in [0.1, 0.15) is 46.5 Å². The van der Waals surface area contributed by atoms with E-state index < -0.39 is 0 Å². The van der Waals surface area contributed by atoms with Crippen LogP contribution in [0.25, 0.3) is 0 Å². The molecular formula is C22H33N5S. The Labute approximate surface area is 173 Å². The molecule has 3 rings (SSSR count). The van der Waals surface area contributed by atoms with E-state index in [1.807, 2.05) is 0 Å². The second-order valence-corrected chi connectivity index (χ2v) is 8.92. The van der Waals surface area contributed by atoms with Crippen molar-refractivity contribution in [3.05, 3.63) is 51.0 Å². The lowest BCUT2D eigenvalue weighted by Crippen LogP contribution is -2.48. The van der Waals surface area contributed by atoms with Crippen LogP contribution in [0.3, 0.4) is 0 Å². The van der Waals surface area contributed by atoms with Gasteiger partial charge in [-0.05, 0) is 46.1 Å². The van der Waals surface area contributed by atoms with Gasteiger partial charge in [0.1, 0.15) is 5.01 Å². The molecule has 0 radical (unpaired) electrons. The molecule has 1 fully saturated rings. The molecule has 0 amide bonds. The number of aryl methyl sites for hydroxylation is 3. The summed E-state index contributed by atoms with van der Waals surface area (Å²) in [4.78, 5) is 13.2. The van der Waals surface area contributed by atoms with Crippen LogP contribution in [0.15, 0.2) is 29.3 Å². The molecule has 2 heterocycles. The van der Waals surface area contributed by atoms with Gasteiger partial charge in [-0.1, -0.05) is 29.8 Å². The predicted octanol–water partition coefficient (Wildman–Crippen LogP) is 3.79. The third-order valence-electron chi connectivity index (χ3n) is 5.21. The van der Waals surface area contributed by atoms with E-state index in [1.165, 1.54) is 16.0 Å². The summed E-state index contributed by atoms with van der Waals surface area (Å²) in [5.74, 6) is 0.908. The van der Waals surface area contributed by atoms with Crippen molar-refractivity contribution in [2.45, 2.75) is 59.7 Å². The molecule has 0 bridgehead atoms. The van der Waals surface area contributed by atoms with Crippen LogP contribution in [0.5, 0.6) is 0 Å². The van der Waals surface area contributed by atoms with Crippen LogP contribution >= 0.6 is 11.3 Å². The molecule has 1 aliphatic rings. The minimum absolute atomic E-state index is 0.478. The van der Waals surface area contributed by atoms with E-state index >= 15 is 0 Å². The fourth-order valence-electron chi connectivity index (χ4n) is 3.57. The maximum atomic E-state index is 4.76. The third-order valence-corrected chi connectivity index (χ3v) is 6.26. The Morgan fingerprint density at radius 1 is 1.25 bits per heavy atom. The molecule has 28 heavy (non-hydrogen) atoms.